The number of nitrogens with zero attached hydrogens (tertiary/aromatic N) is 1. The Hall–Kier alpha value is -2.10. The first-order valence-corrected chi connectivity index (χ1v) is 7.96. The van der Waals surface area contributed by atoms with Gasteiger partial charge in [-0.25, -0.2) is 9.37 Å². The highest BCUT2D eigenvalue weighted by atomic mass is 19.1. The molecule has 0 radical (unpaired) electrons. The molecule has 1 heterocycles. The fraction of sp³-hybridized carbons (Fsp3) is 0.389. The summed E-state index contributed by atoms with van der Waals surface area (Å²) in [5, 5.41) is 4.76. The topological polar surface area (TPSA) is 50.9 Å². The first-order valence-electron chi connectivity index (χ1n) is 7.96. The molecule has 1 fully saturated rings. The molecule has 1 aromatic heterocycles. The van der Waals surface area contributed by atoms with Crippen molar-refractivity contribution in [2.75, 3.05) is 17.6 Å². The van der Waals surface area contributed by atoms with Gasteiger partial charge in [0.15, 0.2) is 0 Å². The minimum atomic E-state index is -0.326. The molecule has 3 N–H and O–H groups in total. The standard InChI is InChI=1S/C18H20FN3/c19-17-10-22-18(15-6-5-14(20)8-16(15)17)21-9-13-7-11-1-3-12(13)4-2-11/h1,3,5-6,8,10-13H,2,4,7,9,20H2,(H,21,22). The second-order valence-electron chi connectivity index (χ2n) is 6.52. The van der Waals surface area contributed by atoms with Gasteiger partial charge in [0, 0.05) is 23.0 Å². The number of nitrogen functional groups attached to an aromatic ring is 1. The number of rotatable bonds is 3. The van der Waals surface area contributed by atoms with Gasteiger partial charge in [-0.1, -0.05) is 12.2 Å². The van der Waals surface area contributed by atoms with E-state index >= 15 is 0 Å². The number of benzene rings is 1. The highest BCUT2D eigenvalue weighted by Gasteiger charge is 2.31. The van der Waals surface area contributed by atoms with Crippen LogP contribution in [0.15, 0.2) is 36.5 Å². The number of anilines is 2. The van der Waals surface area contributed by atoms with Crippen molar-refractivity contribution in [2.24, 2.45) is 17.8 Å². The average Bonchev–Trinajstić information content (AvgIpc) is 2.56. The molecule has 5 rings (SSSR count). The Morgan fingerprint density at radius 3 is 2.86 bits per heavy atom. The molecular formula is C18H20FN3. The number of pyridine rings is 1. The highest BCUT2D eigenvalue weighted by molar-refractivity contribution is 5.94. The Labute approximate surface area is 129 Å². The summed E-state index contributed by atoms with van der Waals surface area (Å²) in [5.41, 5.74) is 6.33. The maximum Gasteiger partial charge on any atom is 0.149 e. The molecule has 0 amide bonds. The summed E-state index contributed by atoms with van der Waals surface area (Å²) in [4.78, 5) is 4.24. The molecule has 2 aromatic rings. The quantitative estimate of drug-likeness (QED) is 0.666. The van der Waals surface area contributed by atoms with Crippen molar-refractivity contribution in [2.45, 2.75) is 19.3 Å². The van der Waals surface area contributed by atoms with Crippen molar-refractivity contribution in [3.8, 4) is 0 Å². The van der Waals surface area contributed by atoms with Crippen LogP contribution in [0.3, 0.4) is 0 Å². The number of hydrogen-bond donors (Lipinski definition) is 2. The van der Waals surface area contributed by atoms with Gasteiger partial charge in [-0.15, -0.1) is 0 Å². The molecule has 22 heavy (non-hydrogen) atoms. The molecule has 0 spiro atoms. The number of nitrogens with one attached hydrogen (secondary N) is 1. The SMILES string of the molecule is Nc1ccc2c(NCC3CC4C=CC3CC4)ncc(F)c2c1. The van der Waals surface area contributed by atoms with Crippen LogP contribution in [0, 0.1) is 23.6 Å². The van der Waals surface area contributed by atoms with E-state index in [4.69, 9.17) is 5.73 Å². The third-order valence-corrected chi connectivity index (χ3v) is 5.11. The third kappa shape index (κ3) is 2.32. The lowest BCUT2D eigenvalue weighted by molar-refractivity contribution is 0.231. The van der Waals surface area contributed by atoms with Gasteiger partial charge in [-0.3, -0.25) is 0 Å². The van der Waals surface area contributed by atoms with E-state index in [9.17, 15) is 4.39 Å². The molecule has 1 aromatic carbocycles. The minimum absolute atomic E-state index is 0.326. The summed E-state index contributed by atoms with van der Waals surface area (Å²) in [6.07, 6.45) is 9.90. The third-order valence-electron chi connectivity index (χ3n) is 5.11. The minimum Gasteiger partial charge on any atom is -0.399 e. The van der Waals surface area contributed by atoms with Crippen LogP contribution in [-0.2, 0) is 0 Å². The van der Waals surface area contributed by atoms with Crippen LogP contribution in [0.4, 0.5) is 15.9 Å². The first kappa shape index (κ1) is 13.6. The van der Waals surface area contributed by atoms with Gasteiger partial charge in [-0.05, 0) is 55.2 Å². The van der Waals surface area contributed by atoms with Crippen LogP contribution in [0.25, 0.3) is 10.8 Å². The number of halogens is 1. The molecule has 2 bridgehead atoms. The Morgan fingerprint density at radius 1 is 1.23 bits per heavy atom. The second-order valence-corrected chi connectivity index (χ2v) is 6.52. The largest absolute Gasteiger partial charge is 0.399 e. The number of fused-ring (bicyclic) bond motifs is 3. The first-order chi connectivity index (χ1) is 10.7. The summed E-state index contributed by atoms with van der Waals surface area (Å²) in [6, 6.07) is 5.30. The molecular weight excluding hydrogens is 277 g/mol. The molecule has 3 unspecified atom stereocenters. The van der Waals surface area contributed by atoms with E-state index in [2.05, 4.69) is 22.5 Å². The van der Waals surface area contributed by atoms with Gasteiger partial charge in [0.1, 0.15) is 11.6 Å². The maximum atomic E-state index is 13.9. The Morgan fingerprint density at radius 2 is 2.14 bits per heavy atom. The van der Waals surface area contributed by atoms with Crippen molar-refractivity contribution >= 4 is 22.3 Å². The van der Waals surface area contributed by atoms with E-state index in [-0.39, 0.29) is 5.82 Å². The lowest BCUT2D eigenvalue weighted by Gasteiger charge is -2.38. The van der Waals surface area contributed by atoms with Crippen LogP contribution in [0.2, 0.25) is 0 Å². The molecule has 0 aliphatic heterocycles. The zero-order valence-corrected chi connectivity index (χ0v) is 12.4. The summed E-state index contributed by atoms with van der Waals surface area (Å²) >= 11 is 0. The lowest BCUT2D eigenvalue weighted by atomic mass is 9.69. The predicted octanol–water partition coefficient (Wildman–Crippen LogP) is 3.97. The van der Waals surface area contributed by atoms with E-state index in [1.165, 1.54) is 25.5 Å². The molecule has 3 aliphatic carbocycles. The molecule has 0 saturated heterocycles. The van der Waals surface area contributed by atoms with Gasteiger partial charge in [-0.2, -0.15) is 0 Å². The smallest absolute Gasteiger partial charge is 0.149 e. The van der Waals surface area contributed by atoms with E-state index in [1.807, 2.05) is 6.07 Å². The summed E-state index contributed by atoms with van der Waals surface area (Å²) in [6.45, 7) is 0.892. The number of nitrogens with two attached hydrogens (primary N) is 1. The summed E-state index contributed by atoms with van der Waals surface area (Å²) in [5.74, 6) is 2.50. The normalized spacial score (nSPS) is 26.5. The van der Waals surface area contributed by atoms with Gasteiger partial charge in [0.25, 0.3) is 0 Å². The predicted molar refractivity (Wildman–Crippen MR) is 88.1 cm³/mol. The van der Waals surface area contributed by atoms with Gasteiger partial charge in [0.2, 0.25) is 0 Å². The maximum absolute atomic E-state index is 13.9. The molecule has 3 atom stereocenters. The number of aromatic nitrogens is 1. The van der Waals surface area contributed by atoms with Crippen molar-refractivity contribution in [1.29, 1.82) is 0 Å². The number of hydrogen-bond acceptors (Lipinski definition) is 3. The van der Waals surface area contributed by atoms with Crippen LogP contribution in [0.1, 0.15) is 19.3 Å². The zero-order chi connectivity index (χ0) is 15.1. The highest BCUT2D eigenvalue weighted by Crippen LogP contribution is 2.40. The van der Waals surface area contributed by atoms with E-state index in [1.54, 1.807) is 12.1 Å². The lowest BCUT2D eigenvalue weighted by Crippen LogP contribution is -2.32. The summed E-state index contributed by atoms with van der Waals surface area (Å²) in [7, 11) is 0. The van der Waals surface area contributed by atoms with Crippen LogP contribution in [-0.4, -0.2) is 11.5 Å². The van der Waals surface area contributed by atoms with Crippen LogP contribution < -0.4 is 11.1 Å². The van der Waals surface area contributed by atoms with Crippen molar-refractivity contribution in [1.82, 2.24) is 4.98 Å². The fourth-order valence-corrected chi connectivity index (χ4v) is 3.88. The van der Waals surface area contributed by atoms with Crippen LogP contribution in [0.5, 0.6) is 0 Å². The van der Waals surface area contributed by atoms with Gasteiger partial charge >= 0.3 is 0 Å². The Balaban J connectivity index is 1.57. The monoisotopic (exact) mass is 297 g/mol. The molecule has 3 aliphatic rings. The average molecular weight is 297 g/mol. The van der Waals surface area contributed by atoms with Gasteiger partial charge < -0.3 is 11.1 Å². The van der Waals surface area contributed by atoms with Crippen LogP contribution >= 0.6 is 0 Å². The van der Waals surface area contributed by atoms with Crippen molar-refractivity contribution < 1.29 is 4.39 Å². The zero-order valence-electron chi connectivity index (χ0n) is 12.4. The van der Waals surface area contributed by atoms with Crippen molar-refractivity contribution in [3.63, 3.8) is 0 Å². The van der Waals surface area contributed by atoms with Crippen molar-refractivity contribution in [3.05, 3.63) is 42.4 Å². The molecule has 114 valence electrons. The Bertz CT molecular complexity index is 740. The fourth-order valence-electron chi connectivity index (χ4n) is 3.88. The molecule has 1 saturated carbocycles. The molecule has 4 heteroatoms. The van der Waals surface area contributed by atoms with E-state index < -0.39 is 0 Å². The second kappa shape index (κ2) is 5.27. The Kier molecular flexibility index (Phi) is 3.25. The van der Waals surface area contributed by atoms with Gasteiger partial charge in [0.05, 0.1) is 6.20 Å². The van der Waals surface area contributed by atoms with E-state index in [0.29, 0.717) is 22.9 Å². The summed E-state index contributed by atoms with van der Waals surface area (Å²) < 4.78 is 13.9. The van der Waals surface area contributed by atoms with E-state index in [0.717, 1.165) is 23.7 Å². The molecule has 3 nitrogen and oxygen atoms in total. The number of allylic oxidation sites excluding steroid dienone is 2.